The highest BCUT2D eigenvalue weighted by atomic mass is 79.9. The fourth-order valence-corrected chi connectivity index (χ4v) is 1.94. The fraction of sp³-hybridized carbons (Fsp3) is 0. The number of benzene rings is 2. The van der Waals surface area contributed by atoms with E-state index >= 15 is 0 Å². The summed E-state index contributed by atoms with van der Waals surface area (Å²) in [6.07, 6.45) is 0. The number of hydrogen-bond donors (Lipinski definition) is 2. The third kappa shape index (κ3) is 2.90. The third-order valence-electron chi connectivity index (χ3n) is 2.41. The van der Waals surface area contributed by atoms with Crippen molar-refractivity contribution in [3.63, 3.8) is 0 Å². The van der Waals surface area contributed by atoms with E-state index in [0.717, 1.165) is 18.2 Å². The molecule has 2 N–H and O–H groups in total. The van der Waals surface area contributed by atoms with E-state index in [2.05, 4.69) is 21.2 Å². The highest BCUT2D eigenvalue weighted by molar-refractivity contribution is 9.10. The smallest absolute Gasteiger partial charge is 0.259 e. The number of hydrogen-bond acceptors (Lipinski definition) is 2. The molecular weight excluding hydrogens is 320 g/mol. The van der Waals surface area contributed by atoms with Crippen molar-refractivity contribution in [1.82, 2.24) is 0 Å². The number of carbonyl (C=O) groups is 1. The first kappa shape index (κ1) is 13.5. The monoisotopic (exact) mass is 327 g/mol. The molecule has 0 fully saturated rings. The van der Waals surface area contributed by atoms with Gasteiger partial charge in [-0.1, -0.05) is 6.07 Å². The minimum atomic E-state index is -0.733. The van der Waals surface area contributed by atoms with Crippen LogP contribution in [0.4, 0.5) is 14.5 Å². The summed E-state index contributed by atoms with van der Waals surface area (Å²) in [5.41, 5.74) is -0.187. The molecule has 19 heavy (non-hydrogen) atoms. The van der Waals surface area contributed by atoms with Crippen LogP contribution in [0.15, 0.2) is 40.9 Å². The van der Waals surface area contributed by atoms with Crippen molar-refractivity contribution < 1.29 is 18.7 Å². The van der Waals surface area contributed by atoms with E-state index in [0.29, 0.717) is 4.47 Å². The van der Waals surface area contributed by atoms with Gasteiger partial charge < -0.3 is 10.4 Å². The topological polar surface area (TPSA) is 49.3 Å². The summed E-state index contributed by atoms with van der Waals surface area (Å²) in [5.74, 6) is -2.53. The lowest BCUT2D eigenvalue weighted by Gasteiger charge is -2.09. The van der Waals surface area contributed by atoms with Gasteiger partial charge in [0.1, 0.15) is 17.4 Å². The number of halogens is 3. The van der Waals surface area contributed by atoms with Crippen LogP contribution in [-0.2, 0) is 0 Å². The van der Waals surface area contributed by atoms with Gasteiger partial charge in [0.25, 0.3) is 5.91 Å². The van der Waals surface area contributed by atoms with Gasteiger partial charge in [0.05, 0.1) is 11.3 Å². The number of amides is 1. The molecule has 1 amide bonds. The molecule has 0 unspecified atom stereocenters. The fourth-order valence-electron chi connectivity index (χ4n) is 1.49. The van der Waals surface area contributed by atoms with Crippen LogP contribution in [-0.4, -0.2) is 11.0 Å². The highest BCUT2D eigenvalue weighted by Gasteiger charge is 2.15. The third-order valence-corrected chi connectivity index (χ3v) is 3.07. The summed E-state index contributed by atoms with van der Waals surface area (Å²) in [6, 6.07) is 7.18. The van der Waals surface area contributed by atoms with Crippen LogP contribution in [0, 0.1) is 11.6 Å². The van der Waals surface area contributed by atoms with Crippen LogP contribution in [0.2, 0.25) is 0 Å². The van der Waals surface area contributed by atoms with Crippen molar-refractivity contribution in [3.05, 3.63) is 58.1 Å². The Morgan fingerprint density at radius 2 is 1.95 bits per heavy atom. The Hall–Kier alpha value is -1.95. The van der Waals surface area contributed by atoms with Gasteiger partial charge in [0.2, 0.25) is 0 Å². The number of aromatic hydroxyl groups is 1. The number of anilines is 1. The van der Waals surface area contributed by atoms with Crippen LogP contribution >= 0.6 is 15.9 Å². The number of carbonyl (C=O) groups excluding carboxylic acids is 1. The van der Waals surface area contributed by atoms with Crippen LogP contribution < -0.4 is 5.32 Å². The first-order chi connectivity index (χ1) is 8.99. The molecule has 2 aromatic carbocycles. The van der Waals surface area contributed by atoms with Crippen LogP contribution in [0.5, 0.6) is 5.75 Å². The quantitative estimate of drug-likeness (QED) is 0.883. The Balaban J connectivity index is 2.31. The van der Waals surface area contributed by atoms with Crippen LogP contribution in [0.25, 0.3) is 0 Å². The Kier molecular flexibility index (Phi) is 3.80. The molecule has 2 aromatic rings. The zero-order valence-corrected chi connectivity index (χ0v) is 11.0. The summed E-state index contributed by atoms with van der Waals surface area (Å²) in [4.78, 5) is 11.9. The standard InChI is InChI=1S/C13H8BrF2NO2/c14-9-2-1-3-10(16)12(9)17-13(19)8-5-4-7(15)6-11(8)18/h1-6,18H,(H,17,19). The Labute approximate surface area is 116 Å². The first-order valence-electron chi connectivity index (χ1n) is 5.23. The number of phenols is 1. The number of rotatable bonds is 2. The molecule has 6 heteroatoms. The van der Waals surface area contributed by atoms with Crippen molar-refractivity contribution >= 4 is 27.5 Å². The summed E-state index contributed by atoms with van der Waals surface area (Å²) < 4.78 is 26.7. The van der Waals surface area contributed by atoms with Crippen molar-refractivity contribution in [3.8, 4) is 5.75 Å². The minimum Gasteiger partial charge on any atom is -0.507 e. The molecule has 0 saturated heterocycles. The summed E-state index contributed by atoms with van der Waals surface area (Å²) in [5, 5.41) is 11.8. The van der Waals surface area contributed by atoms with Crippen LogP contribution in [0.1, 0.15) is 10.4 Å². The molecule has 98 valence electrons. The van der Waals surface area contributed by atoms with Gasteiger partial charge in [0.15, 0.2) is 0 Å². The molecule has 0 aromatic heterocycles. The Morgan fingerprint density at radius 3 is 2.58 bits per heavy atom. The number of para-hydroxylation sites is 1. The minimum absolute atomic E-state index is 0.0452. The molecule has 0 radical (unpaired) electrons. The molecule has 3 nitrogen and oxygen atoms in total. The maximum absolute atomic E-state index is 13.5. The first-order valence-corrected chi connectivity index (χ1v) is 6.02. The number of phenolic OH excluding ortho intramolecular Hbond substituents is 1. The molecule has 2 rings (SSSR count). The molecule has 0 heterocycles. The molecule has 0 aliphatic rings. The van der Waals surface area contributed by atoms with Gasteiger partial charge in [-0.25, -0.2) is 8.78 Å². The van der Waals surface area contributed by atoms with Gasteiger partial charge in [-0.3, -0.25) is 4.79 Å². The van der Waals surface area contributed by atoms with Gasteiger partial charge >= 0.3 is 0 Å². The van der Waals surface area contributed by atoms with E-state index in [9.17, 15) is 18.7 Å². The maximum atomic E-state index is 13.5. The predicted molar refractivity (Wildman–Crippen MR) is 70.1 cm³/mol. The molecule has 0 atom stereocenters. The average Bonchev–Trinajstić information content (AvgIpc) is 2.33. The van der Waals surface area contributed by atoms with Gasteiger partial charge in [-0.2, -0.15) is 0 Å². The Morgan fingerprint density at radius 1 is 1.21 bits per heavy atom. The van der Waals surface area contributed by atoms with E-state index in [1.807, 2.05) is 0 Å². The van der Waals surface area contributed by atoms with Crippen molar-refractivity contribution in [2.24, 2.45) is 0 Å². The zero-order chi connectivity index (χ0) is 14.0. The predicted octanol–water partition coefficient (Wildman–Crippen LogP) is 3.69. The lowest BCUT2D eigenvalue weighted by atomic mass is 10.1. The molecule has 0 aliphatic heterocycles. The summed E-state index contributed by atoms with van der Waals surface area (Å²) >= 11 is 3.10. The van der Waals surface area contributed by atoms with E-state index in [4.69, 9.17) is 0 Å². The molecule has 0 bridgehead atoms. The van der Waals surface area contributed by atoms with E-state index in [-0.39, 0.29) is 11.3 Å². The van der Waals surface area contributed by atoms with E-state index in [1.165, 1.54) is 12.1 Å². The maximum Gasteiger partial charge on any atom is 0.259 e. The van der Waals surface area contributed by atoms with Gasteiger partial charge in [-0.05, 0) is 40.2 Å². The number of nitrogens with one attached hydrogen (secondary N) is 1. The van der Waals surface area contributed by atoms with Crippen molar-refractivity contribution in [1.29, 1.82) is 0 Å². The lowest BCUT2D eigenvalue weighted by Crippen LogP contribution is -2.13. The van der Waals surface area contributed by atoms with E-state index < -0.39 is 23.3 Å². The largest absolute Gasteiger partial charge is 0.507 e. The van der Waals surface area contributed by atoms with Crippen LogP contribution in [0.3, 0.4) is 0 Å². The Bertz CT molecular complexity index is 626. The second kappa shape index (κ2) is 5.36. The summed E-state index contributed by atoms with van der Waals surface area (Å²) in [7, 11) is 0. The summed E-state index contributed by atoms with van der Waals surface area (Å²) in [6.45, 7) is 0. The second-order valence-electron chi connectivity index (χ2n) is 3.71. The van der Waals surface area contributed by atoms with Gasteiger partial charge in [-0.15, -0.1) is 0 Å². The lowest BCUT2D eigenvalue weighted by molar-refractivity contribution is 0.102. The SMILES string of the molecule is O=C(Nc1c(F)cccc1Br)c1ccc(F)cc1O. The van der Waals surface area contributed by atoms with Gasteiger partial charge in [0, 0.05) is 10.5 Å². The highest BCUT2D eigenvalue weighted by Crippen LogP contribution is 2.27. The normalized spacial score (nSPS) is 10.3. The van der Waals surface area contributed by atoms with Crippen molar-refractivity contribution in [2.75, 3.05) is 5.32 Å². The van der Waals surface area contributed by atoms with Crippen molar-refractivity contribution in [2.45, 2.75) is 0 Å². The molecule has 0 saturated carbocycles. The molecular formula is C13H8BrF2NO2. The molecule has 0 spiro atoms. The van der Waals surface area contributed by atoms with E-state index in [1.54, 1.807) is 6.07 Å². The average molecular weight is 328 g/mol. The molecule has 0 aliphatic carbocycles. The second-order valence-corrected chi connectivity index (χ2v) is 4.57. The zero-order valence-electron chi connectivity index (χ0n) is 9.45.